The molecule has 2 aromatic carbocycles. The van der Waals surface area contributed by atoms with Crippen molar-refractivity contribution < 1.29 is 27.5 Å². The van der Waals surface area contributed by atoms with Gasteiger partial charge in [-0.2, -0.15) is 13.2 Å². The van der Waals surface area contributed by atoms with Gasteiger partial charge in [-0.15, -0.1) is 0 Å². The largest absolute Gasteiger partial charge is 0.416 e. The monoisotopic (exact) mass is 436 g/mol. The van der Waals surface area contributed by atoms with Crippen LogP contribution < -0.4 is 4.90 Å². The lowest BCUT2D eigenvalue weighted by Gasteiger charge is -2.29. The predicted molar refractivity (Wildman–Crippen MR) is 105 cm³/mol. The highest BCUT2D eigenvalue weighted by Gasteiger charge is 2.43. The fourth-order valence-electron chi connectivity index (χ4n) is 3.51. The van der Waals surface area contributed by atoms with Gasteiger partial charge in [0.05, 0.1) is 30.0 Å². The zero-order valence-electron chi connectivity index (χ0n) is 15.6. The molecule has 9 heteroatoms. The molecule has 0 bridgehead atoms. The van der Waals surface area contributed by atoms with Crippen LogP contribution in [0.5, 0.6) is 0 Å². The maximum absolute atomic E-state index is 13.3. The minimum absolute atomic E-state index is 0.0766. The molecule has 156 valence electrons. The average molecular weight is 437 g/mol. The van der Waals surface area contributed by atoms with Crippen LogP contribution in [0, 0.1) is 0 Å². The Morgan fingerprint density at radius 1 is 0.867 bits per heavy atom. The van der Waals surface area contributed by atoms with E-state index >= 15 is 0 Å². The first kappa shape index (κ1) is 20.4. The molecule has 4 rings (SSSR count). The lowest BCUT2D eigenvalue weighted by molar-refractivity contribution is -0.137. The van der Waals surface area contributed by atoms with Crippen LogP contribution in [0.4, 0.5) is 18.9 Å². The summed E-state index contributed by atoms with van der Waals surface area (Å²) in [6.45, 7) is 1.65. The first-order valence-corrected chi connectivity index (χ1v) is 9.54. The highest BCUT2D eigenvalue weighted by Crippen LogP contribution is 2.37. The molecule has 0 spiro atoms. The van der Waals surface area contributed by atoms with Crippen LogP contribution in [0.25, 0.3) is 5.57 Å². The number of ether oxygens (including phenoxy) is 1. The van der Waals surface area contributed by atoms with Gasteiger partial charge < -0.3 is 9.64 Å². The summed E-state index contributed by atoms with van der Waals surface area (Å²) in [5.41, 5.74) is 0.134. The molecule has 2 aliphatic rings. The number of imide groups is 1. The molecule has 2 heterocycles. The Balaban J connectivity index is 1.77. The average Bonchev–Trinajstić information content (AvgIpc) is 2.99. The van der Waals surface area contributed by atoms with Gasteiger partial charge in [0.25, 0.3) is 11.8 Å². The highest BCUT2D eigenvalue weighted by atomic mass is 35.5. The molecule has 2 aromatic rings. The molecule has 30 heavy (non-hydrogen) atoms. The Kier molecular flexibility index (Phi) is 5.29. The molecule has 2 amide bonds. The third kappa shape index (κ3) is 3.68. The number of nitrogens with zero attached hydrogens (tertiary/aromatic N) is 2. The topological polar surface area (TPSA) is 49.9 Å². The fraction of sp³-hybridized carbons (Fsp3) is 0.238. The molecule has 0 aliphatic carbocycles. The van der Waals surface area contributed by atoms with Crippen molar-refractivity contribution in [1.29, 1.82) is 0 Å². The maximum atomic E-state index is 13.3. The van der Waals surface area contributed by atoms with E-state index in [0.29, 0.717) is 36.9 Å². The molecule has 0 unspecified atom stereocenters. The highest BCUT2D eigenvalue weighted by molar-refractivity contribution is 6.45. The summed E-state index contributed by atoms with van der Waals surface area (Å²) in [6, 6.07) is 10.5. The van der Waals surface area contributed by atoms with Crippen LogP contribution in [-0.4, -0.2) is 43.0 Å². The number of amides is 2. The number of anilines is 1. The summed E-state index contributed by atoms with van der Waals surface area (Å²) in [5, 5.41) is 0.476. The molecule has 0 N–H and O–H groups in total. The van der Waals surface area contributed by atoms with Gasteiger partial charge in [-0.05, 0) is 42.0 Å². The Hall–Kier alpha value is -2.84. The quantitative estimate of drug-likeness (QED) is 0.683. The number of carbonyl (C=O) groups is 2. The first-order valence-electron chi connectivity index (χ1n) is 9.16. The molecule has 0 saturated carbocycles. The second-order valence-electron chi connectivity index (χ2n) is 6.82. The number of halogens is 4. The molecular weight excluding hydrogens is 421 g/mol. The standard InChI is InChI=1S/C21H16ClF3N2O3/c22-15-5-1-13(2-6-15)17-18(26-9-11-30-12-10-26)20(29)27(19(17)28)16-7-3-14(4-8-16)21(23,24)25/h1-8H,9-12H2. The molecule has 0 atom stereocenters. The maximum Gasteiger partial charge on any atom is 0.416 e. The second-order valence-corrected chi connectivity index (χ2v) is 7.26. The van der Waals surface area contributed by atoms with E-state index in [1.54, 1.807) is 29.2 Å². The van der Waals surface area contributed by atoms with Crippen molar-refractivity contribution >= 4 is 34.7 Å². The predicted octanol–water partition coefficient (Wildman–Crippen LogP) is 3.98. The van der Waals surface area contributed by atoms with Crippen molar-refractivity contribution in [3.05, 3.63) is 70.4 Å². The molecular formula is C21H16ClF3N2O3. The van der Waals surface area contributed by atoms with Crippen molar-refractivity contribution in [1.82, 2.24) is 4.90 Å². The van der Waals surface area contributed by atoms with Crippen molar-refractivity contribution in [3.8, 4) is 0 Å². The van der Waals surface area contributed by atoms with E-state index in [1.165, 1.54) is 0 Å². The van der Waals surface area contributed by atoms with Crippen molar-refractivity contribution in [3.63, 3.8) is 0 Å². The van der Waals surface area contributed by atoms with Crippen molar-refractivity contribution in [2.24, 2.45) is 0 Å². The van der Waals surface area contributed by atoms with Crippen LogP contribution >= 0.6 is 11.6 Å². The summed E-state index contributed by atoms with van der Waals surface area (Å²) in [5.74, 6) is -1.17. The molecule has 0 aromatic heterocycles. The number of carbonyl (C=O) groups excluding carboxylic acids is 2. The Labute approximate surface area is 175 Å². The van der Waals surface area contributed by atoms with E-state index in [9.17, 15) is 22.8 Å². The zero-order valence-corrected chi connectivity index (χ0v) is 16.3. The normalized spacial score (nSPS) is 17.9. The molecule has 1 saturated heterocycles. The summed E-state index contributed by atoms with van der Waals surface area (Å²) in [6.07, 6.45) is -4.51. The molecule has 5 nitrogen and oxygen atoms in total. The van der Waals surface area contributed by atoms with Crippen molar-refractivity contribution in [2.45, 2.75) is 6.18 Å². The number of benzene rings is 2. The second kappa shape index (κ2) is 7.77. The summed E-state index contributed by atoms with van der Waals surface area (Å²) >= 11 is 5.95. The van der Waals surface area contributed by atoms with Gasteiger partial charge in [-0.3, -0.25) is 9.59 Å². The third-order valence-corrected chi connectivity index (χ3v) is 5.22. The van der Waals surface area contributed by atoms with E-state index in [4.69, 9.17) is 16.3 Å². The van der Waals surface area contributed by atoms with E-state index in [1.807, 2.05) is 0 Å². The minimum Gasteiger partial charge on any atom is -0.378 e. The summed E-state index contributed by atoms with van der Waals surface area (Å²) < 4.78 is 44.0. The van der Waals surface area contributed by atoms with Gasteiger partial charge in [0, 0.05) is 18.1 Å². The number of rotatable bonds is 3. The van der Waals surface area contributed by atoms with E-state index in [2.05, 4.69) is 0 Å². The van der Waals surface area contributed by atoms with Crippen LogP contribution in [0.1, 0.15) is 11.1 Å². The van der Waals surface area contributed by atoms with Crippen LogP contribution in [-0.2, 0) is 20.5 Å². The number of hydrogen-bond acceptors (Lipinski definition) is 4. The van der Waals surface area contributed by atoms with Gasteiger partial charge >= 0.3 is 6.18 Å². The number of morpholine rings is 1. The Bertz CT molecular complexity index is 1010. The smallest absolute Gasteiger partial charge is 0.378 e. The van der Waals surface area contributed by atoms with Crippen LogP contribution in [0.15, 0.2) is 54.2 Å². The van der Waals surface area contributed by atoms with E-state index < -0.39 is 23.6 Å². The number of alkyl halides is 3. The van der Waals surface area contributed by atoms with Gasteiger partial charge in [0.15, 0.2) is 0 Å². The van der Waals surface area contributed by atoms with Gasteiger partial charge in [0.2, 0.25) is 0 Å². The number of hydrogen-bond donors (Lipinski definition) is 0. The van der Waals surface area contributed by atoms with E-state index in [0.717, 1.165) is 29.2 Å². The third-order valence-electron chi connectivity index (χ3n) is 4.97. The molecule has 0 radical (unpaired) electrons. The van der Waals surface area contributed by atoms with Crippen LogP contribution in [0.3, 0.4) is 0 Å². The van der Waals surface area contributed by atoms with Gasteiger partial charge in [-0.25, -0.2) is 4.90 Å². The zero-order chi connectivity index (χ0) is 21.5. The van der Waals surface area contributed by atoms with Crippen LogP contribution in [0.2, 0.25) is 5.02 Å². The fourth-order valence-corrected chi connectivity index (χ4v) is 3.64. The SMILES string of the molecule is O=C1C(c2ccc(Cl)cc2)=C(N2CCOCC2)C(=O)N1c1ccc(C(F)(F)F)cc1. The first-order chi connectivity index (χ1) is 14.3. The minimum atomic E-state index is -4.51. The van der Waals surface area contributed by atoms with Gasteiger partial charge in [0.1, 0.15) is 5.70 Å². The lowest BCUT2D eigenvalue weighted by atomic mass is 10.0. The summed E-state index contributed by atoms with van der Waals surface area (Å²) in [4.78, 5) is 29.2. The Morgan fingerprint density at radius 3 is 2.03 bits per heavy atom. The summed E-state index contributed by atoms with van der Waals surface area (Å²) in [7, 11) is 0. The molecule has 2 aliphatic heterocycles. The Morgan fingerprint density at radius 2 is 1.47 bits per heavy atom. The lowest BCUT2D eigenvalue weighted by Crippen LogP contribution is -2.40. The van der Waals surface area contributed by atoms with Crippen molar-refractivity contribution in [2.75, 3.05) is 31.2 Å². The van der Waals surface area contributed by atoms with Gasteiger partial charge in [-0.1, -0.05) is 23.7 Å². The van der Waals surface area contributed by atoms with E-state index in [-0.39, 0.29) is 17.0 Å². The molecule has 1 fully saturated rings.